The van der Waals surface area contributed by atoms with Crippen LogP contribution in [0.5, 0.6) is 0 Å². The van der Waals surface area contributed by atoms with Crippen molar-refractivity contribution in [3.8, 4) is 0 Å². The van der Waals surface area contributed by atoms with Crippen molar-refractivity contribution in [3.63, 3.8) is 0 Å². The normalized spacial score (nSPS) is 18.6. The molecule has 1 aromatic carbocycles. The van der Waals surface area contributed by atoms with E-state index < -0.39 is 10.0 Å². The third-order valence-electron chi connectivity index (χ3n) is 3.49. The Kier molecular flexibility index (Phi) is 5.33. The van der Waals surface area contributed by atoms with Gasteiger partial charge in [0.1, 0.15) is 0 Å². The van der Waals surface area contributed by atoms with Crippen LogP contribution in [0.2, 0.25) is 0 Å². The molecule has 0 aliphatic carbocycles. The molecule has 0 radical (unpaired) electrons. The molecule has 0 bridgehead atoms. The largest absolute Gasteiger partial charge is 0.348 e. The van der Waals surface area contributed by atoms with E-state index >= 15 is 0 Å². The van der Waals surface area contributed by atoms with Crippen LogP contribution in [-0.4, -0.2) is 39.2 Å². The van der Waals surface area contributed by atoms with Gasteiger partial charge in [0.2, 0.25) is 10.0 Å². The number of sulfonamides is 1. The summed E-state index contributed by atoms with van der Waals surface area (Å²) in [6, 6.07) is 7.15. The molecule has 1 amide bonds. The Morgan fingerprint density at radius 1 is 1.33 bits per heavy atom. The zero-order chi connectivity index (χ0) is 15.3. The van der Waals surface area contributed by atoms with Crippen LogP contribution < -0.4 is 15.4 Å². The van der Waals surface area contributed by atoms with Crippen molar-refractivity contribution in [2.45, 2.75) is 25.9 Å². The van der Waals surface area contributed by atoms with Crippen LogP contribution in [0.1, 0.15) is 29.3 Å². The van der Waals surface area contributed by atoms with Crippen molar-refractivity contribution >= 4 is 15.9 Å². The number of hydrogen-bond acceptors (Lipinski definition) is 4. The number of benzene rings is 1. The van der Waals surface area contributed by atoms with Gasteiger partial charge in [-0.3, -0.25) is 4.79 Å². The van der Waals surface area contributed by atoms with Crippen LogP contribution in [0.3, 0.4) is 0 Å². The highest BCUT2D eigenvalue weighted by Crippen LogP contribution is 2.06. The molecule has 1 aliphatic heterocycles. The van der Waals surface area contributed by atoms with Crippen LogP contribution in [0.25, 0.3) is 0 Å². The van der Waals surface area contributed by atoms with Gasteiger partial charge in [-0.15, -0.1) is 0 Å². The van der Waals surface area contributed by atoms with E-state index in [1.165, 1.54) is 0 Å². The fourth-order valence-corrected chi connectivity index (χ4v) is 2.71. The molecule has 2 rings (SSSR count). The Bertz CT molecular complexity index is 578. The Labute approximate surface area is 125 Å². The maximum absolute atomic E-state index is 12.0. The third kappa shape index (κ3) is 4.80. The van der Waals surface area contributed by atoms with Crippen molar-refractivity contribution in [2.75, 3.05) is 18.8 Å². The lowest BCUT2D eigenvalue weighted by Crippen LogP contribution is -2.36. The predicted molar refractivity (Wildman–Crippen MR) is 81.5 cm³/mol. The minimum absolute atomic E-state index is 0.0584. The first-order valence-corrected chi connectivity index (χ1v) is 8.73. The predicted octanol–water partition coefficient (Wildman–Crippen LogP) is 0.218. The number of rotatable bonds is 6. The molecular formula is C14H21N3O3S. The molecule has 1 atom stereocenters. The lowest BCUT2D eigenvalue weighted by molar-refractivity contribution is 0.0940. The molecule has 0 aromatic heterocycles. The van der Waals surface area contributed by atoms with E-state index in [-0.39, 0.29) is 24.2 Å². The highest BCUT2D eigenvalue weighted by Gasteiger charge is 2.17. The van der Waals surface area contributed by atoms with Gasteiger partial charge < -0.3 is 10.6 Å². The molecular weight excluding hydrogens is 290 g/mol. The molecule has 1 fully saturated rings. The lowest BCUT2D eigenvalue weighted by Gasteiger charge is -2.11. The highest BCUT2D eigenvalue weighted by atomic mass is 32.2. The third-order valence-corrected chi connectivity index (χ3v) is 4.83. The van der Waals surface area contributed by atoms with Crippen molar-refractivity contribution < 1.29 is 13.2 Å². The second kappa shape index (κ2) is 7.02. The minimum Gasteiger partial charge on any atom is -0.348 e. The summed E-state index contributed by atoms with van der Waals surface area (Å²) in [5, 5.41) is 6.16. The summed E-state index contributed by atoms with van der Waals surface area (Å²) in [7, 11) is -3.20. The zero-order valence-corrected chi connectivity index (χ0v) is 12.9. The average molecular weight is 311 g/mol. The van der Waals surface area contributed by atoms with Crippen LogP contribution in [-0.2, 0) is 16.6 Å². The van der Waals surface area contributed by atoms with E-state index in [9.17, 15) is 13.2 Å². The Hall–Kier alpha value is -1.44. The molecule has 116 valence electrons. The molecule has 0 spiro atoms. The van der Waals surface area contributed by atoms with Gasteiger partial charge in [0.15, 0.2) is 0 Å². The standard InChI is InChI=1S/C14H21N3O3S/c1-2-21(19,20)16-9-11-3-5-12(6-4-11)14(18)17-13-7-8-15-10-13/h3-6,13,15-16H,2,7-10H2,1H3,(H,17,18). The zero-order valence-electron chi connectivity index (χ0n) is 12.1. The van der Waals surface area contributed by atoms with Crippen LogP contribution in [0, 0.1) is 0 Å². The Morgan fingerprint density at radius 2 is 2.05 bits per heavy atom. The monoisotopic (exact) mass is 311 g/mol. The molecule has 1 heterocycles. The lowest BCUT2D eigenvalue weighted by atomic mass is 10.1. The molecule has 3 N–H and O–H groups in total. The Balaban J connectivity index is 1.90. The summed E-state index contributed by atoms with van der Waals surface area (Å²) in [4.78, 5) is 12.0. The SMILES string of the molecule is CCS(=O)(=O)NCc1ccc(C(=O)NC2CCNC2)cc1. The number of nitrogens with one attached hydrogen (secondary N) is 3. The summed E-state index contributed by atoms with van der Waals surface area (Å²) < 4.78 is 25.2. The minimum atomic E-state index is -3.20. The number of carbonyl (C=O) groups is 1. The van der Waals surface area contributed by atoms with Gasteiger partial charge in [0.25, 0.3) is 5.91 Å². The molecule has 21 heavy (non-hydrogen) atoms. The van der Waals surface area contributed by atoms with E-state index in [4.69, 9.17) is 0 Å². The first-order chi connectivity index (χ1) is 10.00. The molecule has 0 saturated carbocycles. The first-order valence-electron chi connectivity index (χ1n) is 7.08. The topological polar surface area (TPSA) is 87.3 Å². The number of hydrogen-bond donors (Lipinski definition) is 3. The summed E-state index contributed by atoms with van der Waals surface area (Å²) in [5.74, 6) is -0.0347. The summed E-state index contributed by atoms with van der Waals surface area (Å²) in [6.45, 7) is 3.57. The molecule has 1 saturated heterocycles. The van der Waals surface area contributed by atoms with E-state index in [1.54, 1.807) is 31.2 Å². The quantitative estimate of drug-likeness (QED) is 0.701. The first kappa shape index (κ1) is 15.9. The van der Waals surface area contributed by atoms with Gasteiger partial charge in [-0.05, 0) is 37.6 Å². The maximum atomic E-state index is 12.0. The van der Waals surface area contributed by atoms with Gasteiger partial charge in [-0.25, -0.2) is 13.1 Å². The molecule has 7 heteroatoms. The fourth-order valence-electron chi connectivity index (χ4n) is 2.12. The molecule has 1 unspecified atom stereocenters. The fraction of sp³-hybridized carbons (Fsp3) is 0.500. The van der Waals surface area contributed by atoms with Gasteiger partial charge in [-0.1, -0.05) is 12.1 Å². The van der Waals surface area contributed by atoms with Crippen molar-refractivity contribution in [3.05, 3.63) is 35.4 Å². The number of amides is 1. The molecule has 1 aliphatic rings. The Morgan fingerprint density at radius 3 is 2.62 bits per heavy atom. The highest BCUT2D eigenvalue weighted by molar-refractivity contribution is 7.89. The van der Waals surface area contributed by atoms with E-state index in [1.807, 2.05) is 0 Å². The van der Waals surface area contributed by atoms with E-state index in [0.717, 1.165) is 25.1 Å². The average Bonchev–Trinajstić information content (AvgIpc) is 2.98. The van der Waals surface area contributed by atoms with Gasteiger partial charge in [0, 0.05) is 24.7 Å². The smallest absolute Gasteiger partial charge is 0.251 e. The van der Waals surface area contributed by atoms with Crippen molar-refractivity contribution in [2.24, 2.45) is 0 Å². The van der Waals surface area contributed by atoms with E-state index in [2.05, 4.69) is 15.4 Å². The van der Waals surface area contributed by atoms with E-state index in [0.29, 0.717) is 5.56 Å². The van der Waals surface area contributed by atoms with Gasteiger partial charge >= 0.3 is 0 Å². The van der Waals surface area contributed by atoms with Crippen LogP contribution >= 0.6 is 0 Å². The summed E-state index contributed by atoms with van der Waals surface area (Å²) in [5.41, 5.74) is 1.41. The van der Waals surface area contributed by atoms with Crippen LogP contribution in [0.4, 0.5) is 0 Å². The van der Waals surface area contributed by atoms with Gasteiger partial charge in [0.05, 0.1) is 5.75 Å². The van der Waals surface area contributed by atoms with Crippen LogP contribution in [0.15, 0.2) is 24.3 Å². The molecule has 6 nitrogen and oxygen atoms in total. The van der Waals surface area contributed by atoms with Crippen molar-refractivity contribution in [1.82, 2.24) is 15.4 Å². The summed E-state index contributed by atoms with van der Waals surface area (Å²) in [6.07, 6.45) is 0.947. The van der Waals surface area contributed by atoms with Gasteiger partial charge in [-0.2, -0.15) is 0 Å². The second-order valence-corrected chi connectivity index (χ2v) is 7.18. The molecule has 1 aromatic rings. The number of carbonyl (C=O) groups excluding carboxylic acids is 1. The maximum Gasteiger partial charge on any atom is 0.251 e. The summed E-state index contributed by atoms with van der Waals surface area (Å²) >= 11 is 0. The second-order valence-electron chi connectivity index (χ2n) is 5.08. The van der Waals surface area contributed by atoms with Crippen molar-refractivity contribution in [1.29, 1.82) is 0 Å².